The van der Waals surface area contributed by atoms with E-state index in [4.69, 9.17) is 9.47 Å². The maximum absolute atomic E-state index is 14.2. The lowest BCUT2D eigenvalue weighted by atomic mass is 9.87. The van der Waals surface area contributed by atoms with Crippen LogP contribution in [0, 0.1) is 0 Å². The number of carbonyl (C=O) groups is 2. The van der Waals surface area contributed by atoms with Crippen molar-refractivity contribution in [3.63, 3.8) is 0 Å². The predicted octanol–water partition coefficient (Wildman–Crippen LogP) is 6.25. The zero-order chi connectivity index (χ0) is 28.5. The van der Waals surface area contributed by atoms with E-state index in [1.54, 1.807) is 7.11 Å². The van der Waals surface area contributed by atoms with Crippen LogP contribution in [0.3, 0.4) is 0 Å². The van der Waals surface area contributed by atoms with Gasteiger partial charge in [0.2, 0.25) is 0 Å². The number of benzene rings is 3. The molecule has 1 unspecified atom stereocenters. The Hall–Kier alpha value is -3.29. The number of amides is 1. The van der Waals surface area contributed by atoms with Crippen molar-refractivity contribution in [2.45, 2.75) is 44.9 Å². The van der Waals surface area contributed by atoms with Crippen LogP contribution in [0.1, 0.15) is 43.4 Å². The minimum absolute atomic E-state index is 0.0805. The molecular weight excluding hydrogens is 520 g/mol. The van der Waals surface area contributed by atoms with Crippen molar-refractivity contribution < 1.29 is 19.1 Å². The first-order valence-corrected chi connectivity index (χ1v) is 14.9. The van der Waals surface area contributed by atoms with Crippen molar-refractivity contribution in [2.24, 2.45) is 0 Å². The lowest BCUT2D eigenvalue weighted by Gasteiger charge is -2.39. The number of ketones is 1. The summed E-state index contributed by atoms with van der Waals surface area (Å²) in [6, 6.07) is 27.7. The Balaban J connectivity index is 1.63. The van der Waals surface area contributed by atoms with Gasteiger partial charge in [-0.2, -0.15) is 11.8 Å². The smallest absolute Gasteiger partial charge is 0.410 e. The molecule has 1 heterocycles. The number of methoxy groups -OCH3 is 1. The SMILES string of the molecule is COc1ccccc1CN(CC(=O)C(c1ccccc1)c1ccccc1)CC1CSCCN1C(=O)OC(C)(C)C. The molecule has 1 atom stereocenters. The Morgan fingerprint density at radius 1 is 0.950 bits per heavy atom. The molecule has 0 saturated carbocycles. The monoisotopic (exact) mass is 560 g/mol. The summed E-state index contributed by atoms with van der Waals surface area (Å²) in [6.07, 6.45) is -0.298. The average Bonchev–Trinajstić information content (AvgIpc) is 2.94. The molecule has 4 rings (SSSR count). The largest absolute Gasteiger partial charge is 0.496 e. The Morgan fingerprint density at radius 3 is 2.15 bits per heavy atom. The highest BCUT2D eigenvalue weighted by molar-refractivity contribution is 7.99. The van der Waals surface area contributed by atoms with Gasteiger partial charge in [0.15, 0.2) is 5.78 Å². The molecule has 0 spiro atoms. The van der Waals surface area contributed by atoms with Crippen LogP contribution in [-0.2, 0) is 16.1 Å². The van der Waals surface area contributed by atoms with Crippen LogP contribution in [0.4, 0.5) is 4.79 Å². The maximum Gasteiger partial charge on any atom is 0.410 e. The van der Waals surface area contributed by atoms with E-state index < -0.39 is 5.60 Å². The van der Waals surface area contributed by atoms with E-state index >= 15 is 0 Å². The molecule has 7 heteroatoms. The molecule has 0 aromatic heterocycles. The predicted molar refractivity (Wildman–Crippen MR) is 162 cm³/mol. The number of Topliss-reactive ketones (excluding diaryl/α,β-unsaturated/α-hetero) is 1. The second kappa shape index (κ2) is 13.9. The quantitative estimate of drug-likeness (QED) is 0.292. The molecule has 6 nitrogen and oxygen atoms in total. The van der Waals surface area contributed by atoms with Crippen molar-refractivity contribution in [1.82, 2.24) is 9.80 Å². The van der Waals surface area contributed by atoms with Gasteiger partial charge in [0.05, 0.1) is 25.6 Å². The van der Waals surface area contributed by atoms with Crippen LogP contribution in [-0.4, -0.2) is 71.6 Å². The third-order valence-corrected chi connectivity index (χ3v) is 7.97. The van der Waals surface area contributed by atoms with E-state index in [1.165, 1.54) is 0 Å². The minimum Gasteiger partial charge on any atom is -0.496 e. The molecule has 1 aliphatic rings. The van der Waals surface area contributed by atoms with Crippen LogP contribution in [0.2, 0.25) is 0 Å². The molecule has 3 aromatic rings. The summed E-state index contributed by atoms with van der Waals surface area (Å²) >= 11 is 1.83. The number of hydrogen-bond donors (Lipinski definition) is 0. The first-order valence-electron chi connectivity index (χ1n) is 13.8. The first kappa shape index (κ1) is 29.7. The third kappa shape index (κ3) is 8.12. The van der Waals surface area contributed by atoms with Crippen LogP contribution in [0.5, 0.6) is 5.75 Å². The van der Waals surface area contributed by atoms with Gasteiger partial charge in [-0.1, -0.05) is 78.9 Å². The fraction of sp³-hybridized carbons (Fsp3) is 0.394. The molecule has 212 valence electrons. The van der Waals surface area contributed by atoms with Gasteiger partial charge in [-0.25, -0.2) is 4.79 Å². The Labute approximate surface area is 242 Å². The van der Waals surface area contributed by atoms with Crippen molar-refractivity contribution in [2.75, 3.05) is 38.2 Å². The summed E-state index contributed by atoms with van der Waals surface area (Å²) in [4.78, 5) is 31.3. The summed E-state index contributed by atoms with van der Waals surface area (Å²) < 4.78 is 11.4. The lowest BCUT2D eigenvalue weighted by molar-refractivity contribution is -0.121. The van der Waals surface area contributed by atoms with Crippen LogP contribution >= 0.6 is 11.8 Å². The molecule has 1 amide bonds. The number of carbonyl (C=O) groups excluding carboxylic acids is 2. The summed E-state index contributed by atoms with van der Waals surface area (Å²) in [5, 5.41) is 0. The number of hydrogen-bond acceptors (Lipinski definition) is 6. The molecule has 0 N–H and O–H groups in total. The maximum atomic E-state index is 14.2. The standard InChI is InChI=1S/C33H40N2O4S/c1-33(2,3)39-32(37)35-19-20-40-24-28(35)22-34(21-27-17-11-12-18-30(27)38-4)23-29(36)31(25-13-7-5-8-14-25)26-15-9-6-10-16-26/h5-18,28,31H,19-24H2,1-4H3. The van der Waals surface area contributed by atoms with Crippen LogP contribution in [0.15, 0.2) is 84.9 Å². The van der Waals surface area contributed by atoms with Gasteiger partial charge in [0.1, 0.15) is 11.4 Å². The van der Waals surface area contributed by atoms with E-state index in [2.05, 4.69) is 4.90 Å². The molecule has 40 heavy (non-hydrogen) atoms. The van der Waals surface area contributed by atoms with E-state index in [0.29, 0.717) is 19.6 Å². The van der Waals surface area contributed by atoms with Gasteiger partial charge in [-0.05, 0) is 38.0 Å². The zero-order valence-electron chi connectivity index (χ0n) is 23.9. The molecule has 0 aliphatic carbocycles. The van der Waals surface area contributed by atoms with Crippen molar-refractivity contribution in [3.8, 4) is 5.75 Å². The summed E-state index contributed by atoms with van der Waals surface area (Å²) in [7, 11) is 1.66. The second-order valence-corrected chi connectivity index (χ2v) is 12.3. The molecular formula is C33H40N2O4S. The average molecular weight is 561 g/mol. The minimum atomic E-state index is -0.572. The fourth-order valence-electron chi connectivity index (χ4n) is 5.09. The number of ether oxygens (including phenoxy) is 2. The molecule has 0 bridgehead atoms. The Morgan fingerprint density at radius 2 is 1.55 bits per heavy atom. The Kier molecular flexibility index (Phi) is 10.3. The van der Waals surface area contributed by atoms with Gasteiger partial charge in [-0.15, -0.1) is 0 Å². The van der Waals surface area contributed by atoms with E-state index in [0.717, 1.165) is 33.9 Å². The summed E-state index contributed by atoms with van der Waals surface area (Å²) in [5.41, 5.74) is 2.37. The number of para-hydroxylation sites is 1. The lowest BCUT2D eigenvalue weighted by Crippen LogP contribution is -2.53. The van der Waals surface area contributed by atoms with Crippen molar-refractivity contribution in [1.29, 1.82) is 0 Å². The van der Waals surface area contributed by atoms with Crippen molar-refractivity contribution >= 4 is 23.6 Å². The van der Waals surface area contributed by atoms with Gasteiger partial charge < -0.3 is 14.4 Å². The summed E-state index contributed by atoms with van der Waals surface area (Å²) in [5.74, 6) is 2.16. The van der Waals surface area contributed by atoms with Gasteiger partial charge in [-0.3, -0.25) is 9.69 Å². The molecule has 0 radical (unpaired) electrons. The Bertz CT molecular complexity index is 1210. The highest BCUT2D eigenvalue weighted by Gasteiger charge is 2.33. The zero-order valence-corrected chi connectivity index (χ0v) is 24.7. The van der Waals surface area contributed by atoms with E-state index in [9.17, 15) is 9.59 Å². The van der Waals surface area contributed by atoms with Crippen molar-refractivity contribution in [3.05, 3.63) is 102 Å². The summed E-state index contributed by atoms with van der Waals surface area (Å²) in [6.45, 7) is 7.59. The van der Waals surface area contributed by atoms with E-state index in [-0.39, 0.29) is 30.4 Å². The van der Waals surface area contributed by atoms with Crippen LogP contribution < -0.4 is 4.74 Å². The topological polar surface area (TPSA) is 59.1 Å². The normalized spacial score (nSPS) is 15.8. The van der Waals surface area contributed by atoms with Gasteiger partial charge >= 0.3 is 6.09 Å². The van der Waals surface area contributed by atoms with Gasteiger partial charge in [0.25, 0.3) is 0 Å². The second-order valence-electron chi connectivity index (χ2n) is 11.1. The fourth-order valence-corrected chi connectivity index (χ4v) is 6.14. The number of rotatable bonds is 10. The van der Waals surface area contributed by atoms with E-state index in [1.807, 2.05) is 122 Å². The number of thioether (sulfide) groups is 1. The van der Waals surface area contributed by atoms with Gasteiger partial charge in [0, 0.05) is 36.7 Å². The highest BCUT2D eigenvalue weighted by atomic mass is 32.2. The molecule has 1 fully saturated rings. The van der Waals surface area contributed by atoms with Crippen LogP contribution in [0.25, 0.3) is 0 Å². The molecule has 1 aliphatic heterocycles. The first-order chi connectivity index (χ1) is 19.2. The third-order valence-electron chi connectivity index (χ3n) is 6.88. The molecule has 1 saturated heterocycles. The number of nitrogens with zero attached hydrogens (tertiary/aromatic N) is 2. The highest BCUT2D eigenvalue weighted by Crippen LogP contribution is 2.28. The molecule has 3 aromatic carbocycles.